The first-order valence-electron chi connectivity index (χ1n) is 9.53. The molecule has 4 unspecified atom stereocenters. The highest BCUT2D eigenvalue weighted by Gasteiger charge is 2.46. The number of nitrogens with one attached hydrogen (secondary N) is 3. The Kier molecular flexibility index (Phi) is 6.20. The Morgan fingerprint density at radius 2 is 2.11 bits per heavy atom. The van der Waals surface area contributed by atoms with Crippen molar-refractivity contribution >= 4 is 15.9 Å². The zero-order valence-electron chi connectivity index (χ0n) is 16.2. The summed E-state index contributed by atoms with van der Waals surface area (Å²) in [5.74, 6) is 0.383. The first-order valence-corrected chi connectivity index (χ1v) is 11.0. The average Bonchev–Trinajstić information content (AvgIpc) is 3.07. The van der Waals surface area contributed by atoms with Gasteiger partial charge < -0.3 is 5.32 Å². The van der Waals surface area contributed by atoms with Crippen LogP contribution in [0.4, 0.5) is 0 Å². The van der Waals surface area contributed by atoms with Crippen LogP contribution < -0.4 is 16.2 Å². The van der Waals surface area contributed by atoms with Gasteiger partial charge in [0.05, 0.1) is 11.8 Å². The molecule has 1 aliphatic carbocycles. The van der Waals surface area contributed by atoms with Crippen molar-refractivity contribution in [2.75, 3.05) is 20.1 Å². The van der Waals surface area contributed by atoms with Gasteiger partial charge in [-0.05, 0) is 37.2 Å². The van der Waals surface area contributed by atoms with E-state index < -0.39 is 15.3 Å². The van der Waals surface area contributed by atoms with Gasteiger partial charge >= 0.3 is 0 Å². The fraction of sp³-hybridized carbons (Fsp3) is 0.632. The molecular weight excluding hydrogens is 364 g/mol. The second kappa shape index (κ2) is 8.26. The van der Waals surface area contributed by atoms with E-state index in [0.717, 1.165) is 24.1 Å². The van der Waals surface area contributed by atoms with Crippen LogP contribution in [-0.4, -0.2) is 50.1 Å². The maximum atomic E-state index is 13.1. The van der Waals surface area contributed by atoms with Crippen molar-refractivity contribution in [3.8, 4) is 0 Å². The van der Waals surface area contributed by atoms with E-state index >= 15 is 0 Å². The summed E-state index contributed by atoms with van der Waals surface area (Å²) in [4.78, 5) is 12.3. The van der Waals surface area contributed by atoms with Crippen molar-refractivity contribution in [1.29, 1.82) is 0 Å². The number of amides is 1. The van der Waals surface area contributed by atoms with E-state index in [-0.39, 0.29) is 18.5 Å². The van der Waals surface area contributed by atoms with Crippen LogP contribution in [0.2, 0.25) is 0 Å². The SMILES string of the molecule is Cc1cccc(CNC(=O)CN(C)S(=O)(=O)C2CC(C)CC3CNNC32)c1. The topological polar surface area (TPSA) is 90.5 Å². The third kappa shape index (κ3) is 4.68. The summed E-state index contributed by atoms with van der Waals surface area (Å²) in [6, 6.07) is 7.79. The maximum Gasteiger partial charge on any atom is 0.235 e. The minimum atomic E-state index is -3.56. The van der Waals surface area contributed by atoms with Crippen LogP contribution in [0.25, 0.3) is 0 Å². The van der Waals surface area contributed by atoms with Gasteiger partial charge in [0, 0.05) is 26.2 Å². The van der Waals surface area contributed by atoms with E-state index in [1.54, 1.807) is 0 Å². The van der Waals surface area contributed by atoms with Gasteiger partial charge in [-0.3, -0.25) is 15.6 Å². The fourth-order valence-electron chi connectivity index (χ4n) is 4.24. The summed E-state index contributed by atoms with van der Waals surface area (Å²) in [7, 11) is -2.07. The van der Waals surface area contributed by atoms with E-state index in [1.165, 1.54) is 11.4 Å². The van der Waals surface area contributed by atoms with Crippen LogP contribution in [0.15, 0.2) is 24.3 Å². The number of hydrazine groups is 1. The van der Waals surface area contributed by atoms with Gasteiger partial charge in [-0.2, -0.15) is 4.31 Å². The van der Waals surface area contributed by atoms with Crippen molar-refractivity contribution in [3.05, 3.63) is 35.4 Å². The number of hydrogen-bond donors (Lipinski definition) is 3. The molecule has 1 aromatic rings. The van der Waals surface area contributed by atoms with Crippen LogP contribution in [0.5, 0.6) is 0 Å². The molecule has 27 heavy (non-hydrogen) atoms. The lowest BCUT2D eigenvalue weighted by Crippen LogP contribution is -2.54. The molecule has 3 N–H and O–H groups in total. The molecule has 1 aromatic carbocycles. The smallest absolute Gasteiger partial charge is 0.235 e. The van der Waals surface area contributed by atoms with E-state index in [4.69, 9.17) is 0 Å². The van der Waals surface area contributed by atoms with Crippen molar-refractivity contribution in [2.24, 2.45) is 11.8 Å². The first-order chi connectivity index (χ1) is 12.8. The zero-order chi connectivity index (χ0) is 19.6. The van der Waals surface area contributed by atoms with Crippen molar-refractivity contribution in [1.82, 2.24) is 20.5 Å². The quantitative estimate of drug-likeness (QED) is 0.663. The zero-order valence-corrected chi connectivity index (χ0v) is 17.1. The molecule has 1 aliphatic heterocycles. The molecule has 0 bridgehead atoms. The molecule has 1 saturated carbocycles. The van der Waals surface area contributed by atoms with Gasteiger partial charge in [-0.25, -0.2) is 8.42 Å². The van der Waals surface area contributed by atoms with Crippen LogP contribution in [0.3, 0.4) is 0 Å². The summed E-state index contributed by atoms with van der Waals surface area (Å²) in [5.41, 5.74) is 8.36. The number of aryl methyl sites for hydroxylation is 1. The number of hydrogen-bond acceptors (Lipinski definition) is 5. The third-order valence-corrected chi connectivity index (χ3v) is 7.89. The number of nitrogens with zero attached hydrogens (tertiary/aromatic N) is 1. The lowest BCUT2D eigenvalue weighted by atomic mass is 9.79. The van der Waals surface area contributed by atoms with Crippen molar-refractivity contribution in [3.63, 3.8) is 0 Å². The largest absolute Gasteiger partial charge is 0.351 e. The summed E-state index contributed by atoms with van der Waals surface area (Å²) in [6.07, 6.45) is 1.64. The minimum absolute atomic E-state index is 0.0935. The summed E-state index contributed by atoms with van der Waals surface area (Å²) >= 11 is 0. The number of carbonyl (C=O) groups excluding carboxylic acids is 1. The number of carbonyl (C=O) groups is 1. The average molecular weight is 395 g/mol. The Morgan fingerprint density at radius 3 is 2.85 bits per heavy atom. The normalized spacial score (nSPS) is 28.1. The molecule has 3 rings (SSSR count). The molecule has 0 aromatic heterocycles. The van der Waals surface area contributed by atoms with Crippen molar-refractivity contribution in [2.45, 2.75) is 44.5 Å². The Hall–Kier alpha value is -1.48. The van der Waals surface area contributed by atoms with Gasteiger partial charge in [0.1, 0.15) is 0 Å². The number of fused-ring (bicyclic) bond motifs is 1. The van der Waals surface area contributed by atoms with Gasteiger partial charge in [-0.1, -0.05) is 36.8 Å². The van der Waals surface area contributed by atoms with Gasteiger partial charge in [0.2, 0.25) is 15.9 Å². The predicted molar refractivity (Wildman–Crippen MR) is 105 cm³/mol. The minimum Gasteiger partial charge on any atom is -0.351 e. The van der Waals surface area contributed by atoms with E-state index in [1.807, 2.05) is 31.2 Å². The molecular formula is C19H30N4O3S. The molecule has 150 valence electrons. The highest BCUT2D eigenvalue weighted by Crippen LogP contribution is 2.35. The second-order valence-corrected chi connectivity index (χ2v) is 10.3. The second-order valence-electron chi connectivity index (χ2n) is 7.99. The number of rotatable bonds is 6. The highest BCUT2D eigenvalue weighted by molar-refractivity contribution is 7.89. The Balaban J connectivity index is 1.60. The first kappa shape index (κ1) is 20.3. The molecule has 0 spiro atoms. The van der Waals surface area contributed by atoms with Gasteiger partial charge in [0.25, 0.3) is 0 Å². The number of benzene rings is 1. The number of likely N-dealkylation sites (N-methyl/N-ethyl adjacent to an activating group) is 1. The molecule has 1 saturated heterocycles. The summed E-state index contributed by atoms with van der Waals surface area (Å²) in [5, 5.41) is 2.31. The van der Waals surface area contributed by atoms with Gasteiger partial charge in [0.15, 0.2) is 0 Å². The Labute approximate surface area is 161 Å². The summed E-state index contributed by atoms with van der Waals surface area (Å²) in [6.45, 7) is 5.12. The fourth-order valence-corrected chi connectivity index (χ4v) is 6.24. The molecule has 7 nitrogen and oxygen atoms in total. The van der Waals surface area contributed by atoms with E-state index in [9.17, 15) is 13.2 Å². The Morgan fingerprint density at radius 1 is 1.33 bits per heavy atom. The third-order valence-electron chi connectivity index (χ3n) is 5.64. The van der Waals surface area contributed by atoms with Gasteiger partial charge in [-0.15, -0.1) is 0 Å². The molecule has 8 heteroatoms. The van der Waals surface area contributed by atoms with Crippen LogP contribution in [0.1, 0.15) is 30.9 Å². The van der Waals surface area contributed by atoms with E-state index in [2.05, 4.69) is 23.1 Å². The predicted octanol–water partition coefficient (Wildman–Crippen LogP) is 0.764. The van der Waals surface area contributed by atoms with Crippen LogP contribution >= 0.6 is 0 Å². The maximum absolute atomic E-state index is 13.1. The Bertz CT molecular complexity index is 783. The van der Waals surface area contributed by atoms with E-state index in [0.29, 0.717) is 24.8 Å². The monoisotopic (exact) mass is 394 g/mol. The lowest BCUT2D eigenvalue weighted by Gasteiger charge is -2.37. The molecule has 4 atom stereocenters. The van der Waals surface area contributed by atoms with Crippen LogP contribution in [-0.2, 0) is 21.4 Å². The number of sulfonamides is 1. The van der Waals surface area contributed by atoms with Crippen molar-refractivity contribution < 1.29 is 13.2 Å². The highest BCUT2D eigenvalue weighted by atomic mass is 32.2. The molecule has 0 radical (unpaired) electrons. The molecule has 2 fully saturated rings. The summed E-state index contributed by atoms with van der Waals surface area (Å²) < 4.78 is 27.4. The standard InChI is InChI=1S/C19H30N4O3S/c1-13-5-4-6-15(7-13)10-20-18(24)12-23(3)27(25,26)17-9-14(2)8-16-11-21-22-19(16)17/h4-7,14,16-17,19,21-22H,8-12H2,1-3H3,(H,20,24). The molecule has 1 heterocycles. The molecule has 2 aliphatic rings. The van der Waals surface area contributed by atoms with Crippen LogP contribution in [0, 0.1) is 18.8 Å². The molecule has 1 amide bonds. The lowest BCUT2D eigenvalue weighted by molar-refractivity contribution is -0.121.